The molecule has 0 aromatic heterocycles. The highest BCUT2D eigenvalue weighted by molar-refractivity contribution is 5.16. The van der Waals surface area contributed by atoms with Crippen LogP contribution in [0.4, 0.5) is 0 Å². The van der Waals surface area contributed by atoms with Gasteiger partial charge in [0, 0.05) is 6.04 Å². The van der Waals surface area contributed by atoms with Gasteiger partial charge in [-0.3, -0.25) is 0 Å². The van der Waals surface area contributed by atoms with E-state index in [4.69, 9.17) is 5.73 Å². The van der Waals surface area contributed by atoms with Crippen LogP contribution in [0.15, 0.2) is 42.5 Å². The summed E-state index contributed by atoms with van der Waals surface area (Å²) in [6, 6.07) is 10.5. The third kappa shape index (κ3) is 3.90. The summed E-state index contributed by atoms with van der Waals surface area (Å²) in [6.45, 7) is 5.88. The monoisotopic (exact) mass is 175 g/mol. The molecule has 0 amide bonds. The summed E-state index contributed by atoms with van der Waals surface area (Å²) in [6.07, 6.45) is 1.85. The fraction of sp³-hybridized carbons (Fsp3) is 0.333. The molecule has 0 aliphatic rings. The van der Waals surface area contributed by atoms with Crippen molar-refractivity contribution in [2.24, 2.45) is 5.73 Å². The van der Waals surface area contributed by atoms with Crippen molar-refractivity contribution < 1.29 is 0 Å². The average Bonchev–Trinajstić information content (AvgIpc) is 2.04. The van der Waals surface area contributed by atoms with Gasteiger partial charge in [0.05, 0.1) is 0 Å². The van der Waals surface area contributed by atoms with Crippen molar-refractivity contribution in [2.75, 3.05) is 0 Å². The molecular weight excluding hydrogens is 158 g/mol. The molecule has 1 atom stereocenters. The van der Waals surface area contributed by atoms with Crippen LogP contribution >= 0.6 is 0 Å². The van der Waals surface area contributed by atoms with Crippen LogP contribution in [0.2, 0.25) is 0 Å². The summed E-state index contributed by atoms with van der Waals surface area (Å²) in [5, 5.41) is 0. The molecule has 2 N–H and O–H groups in total. The van der Waals surface area contributed by atoms with Gasteiger partial charge in [-0.2, -0.15) is 0 Å². The van der Waals surface area contributed by atoms with E-state index in [1.165, 1.54) is 5.56 Å². The van der Waals surface area contributed by atoms with Crippen molar-refractivity contribution in [1.29, 1.82) is 0 Å². The maximum atomic E-state index is 5.95. The molecule has 1 aromatic carbocycles. The molecule has 0 heterocycles. The Morgan fingerprint density at radius 3 is 2.54 bits per heavy atom. The van der Waals surface area contributed by atoms with E-state index in [-0.39, 0.29) is 6.04 Å². The standard InChI is InChI=1S/C12H17N/c1-10(2)8-12(13)9-11-6-4-3-5-7-11/h3-7,12H,1,8-9,13H2,2H3. The Morgan fingerprint density at radius 1 is 1.38 bits per heavy atom. The zero-order valence-corrected chi connectivity index (χ0v) is 8.16. The molecule has 0 aliphatic carbocycles. The van der Waals surface area contributed by atoms with Gasteiger partial charge in [0.15, 0.2) is 0 Å². The Bertz CT molecular complexity index is 264. The lowest BCUT2D eigenvalue weighted by atomic mass is 10.0. The molecule has 1 heteroatoms. The summed E-state index contributed by atoms with van der Waals surface area (Å²) in [7, 11) is 0. The van der Waals surface area contributed by atoms with Crippen molar-refractivity contribution in [2.45, 2.75) is 25.8 Å². The molecule has 0 radical (unpaired) electrons. The zero-order chi connectivity index (χ0) is 9.68. The smallest absolute Gasteiger partial charge is 0.0116 e. The van der Waals surface area contributed by atoms with E-state index >= 15 is 0 Å². The van der Waals surface area contributed by atoms with Crippen LogP contribution in [-0.2, 0) is 6.42 Å². The topological polar surface area (TPSA) is 26.0 Å². The van der Waals surface area contributed by atoms with Crippen LogP contribution in [0.1, 0.15) is 18.9 Å². The first-order valence-corrected chi connectivity index (χ1v) is 4.62. The second kappa shape index (κ2) is 4.83. The lowest BCUT2D eigenvalue weighted by molar-refractivity contribution is 0.661. The maximum Gasteiger partial charge on any atom is 0.0116 e. The molecule has 0 fully saturated rings. The quantitative estimate of drug-likeness (QED) is 0.699. The normalized spacial score (nSPS) is 12.5. The first kappa shape index (κ1) is 10.0. The Hall–Kier alpha value is -1.08. The number of benzene rings is 1. The predicted octanol–water partition coefficient (Wildman–Crippen LogP) is 2.52. The van der Waals surface area contributed by atoms with Gasteiger partial charge < -0.3 is 5.73 Å². The largest absolute Gasteiger partial charge is 0.327 e. The van der Waals surface area contributed by atoms with Gasteiger partial charge in [0.25, 0.3) is 0 Å². The van der Waals surface area contributed by atoms with Gasteiger partial charge in [-0.25, -0.2) is 0 Å². The minimum Gasteiger partial charge on any atom is -0.327 e. The van der Waals surface area contributed by atoms with Crippen LogP contribution in [0.3, 0.4) is 0 Å². The molecule has 0 saturated carbocycles. The van der Waals surface area contributed by atoms with Gasteiger partial charge in [0.1, 0.15) is 0 Å². The SMILES string of the molecule is C=C(C)CC(N)Cc1ccccc1. The van der Waals surface area contributed by atoms with Crippen molar-refractivity contribution in [1.82, 2.24) is 0 Å². The fourth-order valence-electron chi connectivity index (χ4n) is 1.44. The molecule has 1 unspecified atom stereocenters. The van der Waals surface area contributed by atoms with E-state index in [1.54, 1.807) is 0 Å². The fourth-order valence-corrected chi connectivity index (χ4v) is 1.44. The molecule has 0 aliphatic heterocycles. The van der Waals surface area contributed by atoms with Crippen LogP contribution in [0.25, 0.3) is 0 Å². The molecule has 1 nitrogen and oxygen atoms in total. The summed E-state index contributed by atoms with van der Waals surface area (Å²) in [5.74, 6) is 0. The molecule has 1 rings (SSSR count). The predicted molar refractivity (Wildman–Crippen MR) is 57.6 cm³/mol. The van der Waals surface area contributed by atoms with Crippen LogP contribution < -0.4 is 5.73 Å². The Balaban J connectivity index is 2.45. The minimum atomic E-state index is 0.208. The van der Waals surface area contributed by atoms with Crippen molar-refractivity contribution in [3.8, 4) is 0 Å². The molecule has 0 bridgehead atoms. The lowest BCUT2D eigenvalue weighted by Crippen LogP contribution is -2.22. The lowest BCUT2D eigenvalue weighted by Gasteiger charge is -2.10. The first-order chi connectivity index (χ1) is 6.18. The van der Waals surface area contributed by atoms with E-state index in [0.717, 1.165) is 18.4 Å². The second-order valence-corrected chi connectivity index (χ2v) is 3.61. The average molecular weight is 175 g/mol. The maximum absolute atomic E-state index is 5.95. The summed E-state index contributed by atoms with van der Waals surface area (Å²) < 4.78 is 0. The zero-order valence-electron chi connectivity index (χ0n) is 8.16. The minimum absolute atomic E-state index is 0.208. The van der Waals surface area contributed by atoms with Crippen molar-refractivity contribution in [3.63, 3.8) is 0 Å². The number of hydrogen-bond acceptors (Lipinski definition) is 1. The second-order valence-electron chi connectivity index (χ2n) is 3.61. The van der Waals surface area contributed by atoms with Crippen LogP contribution in [0.5, 0.6) is 0 Å². The van der Waals surface area contributed by atoms with Crippen molar-refractivity contribution >= 4 is 0 Å². The van der Waals surface area contributed by atoms with Gasteiger partial charge >= 0.3 is 0 Å². The van der Waals surface area contributed by atoms with Gasteiger partial charge in [-0.05, 0) is 25.3 Å². The molecule has 13 heavy (non-hydrogen) atoms. The first-order valence-electron chi connectivity index (χ1n) is 4.62. The van der Waals surface area contributed by atoms with Gasteiger partial charge in [-0.15, -0.1) is 6.58 Å². The summed E-state index contributed by atoms with van der Waals surface area (Å²) in [5.41, 5.74) is 8.40. The highest BCUT2D eigenvalue weighted by atomic mass is 14.6. The van der Waals surface area contributed by atoms with Gasteiger partial charge in [0.2, 0.25) is 0 Å². The van der Waals surface area contributed by atoms with E-state index in [1.807, 2.05) is 25.1 Å². The molecular formula is C12H17N. The molecule has 0 saturated heterocycles. The Kier molecular flexibility index (Phi) is 3.71. The molecule has 70 valence electrons. The number of hydrogen-bond donors (Lipinski definition) is 1. The Morgan fingerprint density at radius 2 is 2.00 bits per heavy atom. The molecule has 1 aromatic rings. The van der Waals surface area contributed by atoms with E-state index in [9.17, 15) is 0 Å². The third-order valence-electron chi connectivity index (χ3n) is 1.95. The third-order valence-corrected chi connectivity index (χ3v) is 1.95. The van der Waals surface area contributed by atoms with Crippen molar-refractivity contribution in [3.05, 3.63) is 48.0 Å². The highest BCUT2D eigenvalue weighted by Crippen LogP contribution is 2.07. The van der Waals surface area contributed by atoms with E-state index < -0.39 is 0 Å². The van der Waals surface area contributed by atoms with Crippen LogP contribution in [-0.4, -0.2) is 6.04 Å². The highest BCUT2D eigenvalue weighted by Gasteiger charge is 2.03. The van der Waals surface area contributed by atoms with E-state index in [2.05, 4.69) is 18.7 Å². The van der Waals surface area contributed by atoms with Gasteiger partial charge in [-0.1, -0.05) is 35.9 Å². The number of nitrogens with two attached hydrogens (primary N) is 1. The summed E-state index contributed by atoms with van der Waals surface area (Å²) >= 11 is 0. The van der Waals surface area contributed by atoms with E-state index in [0.29, 0.717) is 0 Å². The van der Waals surface area contributed by atoms with Crippen LogP contribution in [0, 0.1) is 0 Å². The Labute approximate surface area is 80.3 Å². The molecule has 0 spiro atoms. The summed E-state index contributed by atoms with van der Waals surface area (Å²) in [4.78, 5) is 0. The number of rotatable bonds is 4.